The number of hydrogen-bond donors (Lipinski definition) is 1. The molecule has 0 spiro atoms. The molecule has 0 bridgehead atoms. The summed E-state index contributed by atoms with van der Waals surface area (Å²) in [6.07, 6.45) is 3.53. The van der Waals surface area contributed by atoms with Gasteiger partial charge in [0.2, 0.25) is 0 Å². The van der Waals surface area contributed by atoms with Crippen LogP contribution in [0.1, 0.15) is 25.8 Å². The smallest absolute Gasteiger partial charge is 0.328 e. The lowest BCUT2D eigenvalue weighted by Gasteiger charge is -2.14. The van der Waals surface area contributed by atoms with Gasteiger partial charge in [-0.3, -0.25) is 0 Å². The van der Waals surface area contributed by atoms with Crippen LogP contribution in [0.4, 0.5) is 0 Å². The molecule has 4 heteroatoms. The van der Waals surface area contributed by atoms with E-state index in [0.29, 0.717) is 29.6 Å². The second kappa shape index (κ2) is 7.46. The van der Waals surface area contributed by atoms with Crippen LogP contribution >= 0.6 is 0 Å². The molecule has 0 saturated carbocycles. The van der Waals surface area contributed by atoms with Gasteiger partial charge in [-0.25, -0.2) is 4.79 Å². The summed E-state index contributed by atoms with van der Waals surface area (Å²) in [4.78, 5) is 10.6. The highest BCUT2D eigenvalue weighted by atomic mass is 16.5. The summed E-state index contributed by atoms with van der Waals surface area (Å²) in [7, 11) is 1.56. The highest BCUT2D eigenvalue weighted by Crippen LogP contribution is 2.32. The molecule has 0 saturated heterocycles. The van der Waals surface area contributed by atoms with Crippen molar-refractivity contribution in [2.45, 2.75) is 20.3 Å². The third kappa shape index (κ3) is 5.04. The molecule has 0 aromatic heterocycles. The molecular weight excluding hydrogens is 244 g/mol. The zero-order valence-corrected chi connectivity index (χ0v) is 11.6. The fraction of sp³-hybridized carbons (Fsp3) is 0.400. The van der Waals surface area contributed by atoms with Crippen LogP contribution in [0.25, 0.3) is 6.08 Å². The van der Waals surface area contributed by atoms with Crippen molar-refractivity contribution in [3.63, 3.8) is 0 Å². The number of rotatable bonds is 7. The molecule has 1 aromatic carbocycles. The minimum absolute atomic E-state index is 0.549. The number of para-hydroxylation sites is 1. The zero-order chi connectivity index (χ0) is 14.3. The summed E-state index contributed by atoms with van der Waals surface area (Å²) in [5.74, 6) is 0.753. The number of carbonyl (C=O) groups is 1. The van der Waals surface area contributed by atoms with Crippen molar-refractivity contribution in [2.75, 3.05) is 13.7 Å². The minimum atomic E-state index is -0.990. The lowest BCUT2D eigenvalue weighted by molar-refractivity contribution is -0.131. The fourth-order valence-corrected chi connectivity index (χ4v) is 1.54. The first-order valence-electron chi connectivity index (χ1n) is 6.25. The predicted molar refractivity (Wildman–Crippen MR) is 74.6 cm³/mol. The molecule has 1 rings (SSSR count). The van der Waals surface area contributed by atoms with Crippen LogP contribution in [0.5, 0.6) is 11.5 Å². The van der Waals surface area contributed by atoms with E-state index in [-0.39, 0.29) is 0 Å². The lowest BCUT2D eigenvalue weighted by Crippen LogP contribution is -2.04. The number of aliphatic carboxylic acids is 1. The zero-order valence-electron chi connectivity index (χ0n) is 11.6. The number of benzene rings is 1. The first-order valence-corrected chi connectivity index (χ1v) is 6.25. The van der Waals surface area contributed by atoms with Crippen LogP contribution in [-0.4, -0.2) is 24.8 Å². The molecule has 104 valence electrons. The van der Waals surface area contributed by atoms with E-state index >= 15 is 0 Å². The topological polar surface area (TPSA) is 55.8 Å². The van der Waals surface area contributed by atoms with Gasteiger partial charge in [0.1, 0.15) is 0 Å². The van der Waals surface area contributed by atoms with Crippen molar-refractivity contribution in [3.05, 3.63) is 29.8 Å². The number of hydrogen-bond acceptors (Lipinski definition) is 3. The Morgan fingerprint density at radius 3 is 2.74 bits per heavy atom. The van der Waals surface area contributed by atoms with Gasteiger partial charge < -0.3 is 14.6 Å². The van der Waals surface area contributed by atoms with Gasteiger partial charge in [0, 0.05) is 11.6 Å². The molecule has 1 aromatic rings. The third-order valence-corrected chi connectivity index (χ3v) is 2.58. The van der Waals surface area contributed by atoms with E-state index in [1.54, 1.807) is 25.3 Å². The second-order valence-corrected chi connectivity index (χ2v) is 4.58. The average molecular weight is 264 g/mol. The number of ether oxygens (including phenoxy) is 2. The lowest BCUT2D eigenvalue weighted by atomic mass is 10.1. The van der Waals surface area contributed by atoms with Crippen molar-refractivity contribution in [2.24, 2.45) is 5.92 Å². The largest absolute Gasteiger partial charge is 0.493 e. The van der Waals surface area contributed by atoms with Gasteiger partial charge in [0.15, 0.2) is 11.5 Å². The standard InChI is InChI=1S/C15H20O4/c1-11(2)9-10-19-15-12(7-8-14(16)17)5-4-6-13(15)18-3/h4-8,11H,9-10H2,1-3H3,(H,16,17)/b8-7+. The first-order chi connectivity index (χ1) is 9.04. The number of methoxy groups -OCH3 is 1. The van der Waals surface area contributed by atoms with E-state index in [2.05, 4.69) is 13.8 Å². The summed E-state index contributed by atoms with van der Waals surface area (Å²) in [6.45, 7) is 4.82. The number of carboxylic acid groups (broad SMARTS) is 1. The van der Waals surface area contributed by atoms with Gasteiger partial charge >= 0.3 is 5.97 Å². The molecule has 0 atom stereocenters. The van der Waals surface area contributed by atoms with E-state index in [1.807, 2.05) is 0 Å². The maximum atomic E-state index is 10.6. The van der Waals surface area contributed by atoms with Crippen molar-refractivity contribution >= 4 is 12.0 Å². The van der Waals surface area contributed by atoms with Crippen molar-refractivity contribution in [3.8, 4) is 11.5 Å². The molecule has 1 N–H and O–H groups in total. The maximum Gasteiger partial charge on any atom is 0.328 e. The van der Waals surface area contributed by atoms with Crippen molar-refractivity contribution in [1.82, 2.24) is 0 Å². The summed E-state index contributed by atoms with van der Waals surface area (Å²) >= 11 is 0. The van der Waals surface area contributed by atoms with Crippen LogP contribution in [0, 0.1) is 5.92 Å². The normalized spacial score (nSPS) is 10.9. The van der Waals surface area contributed by atoms with Crippen LogP contribution in [0.3, 0.4) is 0 Å². The monoisotopic (exact) mass is 264 g/mol. The van der Waals surface area contributed by atoms with Gasteiger partial charge in [-0.05, 0) is 24.5 Å². The molecule has 0 fully saturated rings. The summed E-state index contributed by atoms with van der Waals surface area (Å²) in [6, 6.07) is 5.39. The van der Waals surface area contributed by atoms with Crippen LogP contribution in [0.2, 0.25) is 0 Å². The molecule has 19 heavy (non-hydrogen) atoms. The Labute approximate surface area is 113 Å². The molecule has 0 unspecified atom stereocenters. The van der Waals surface area contributed by atoms with Crippen LogP contribution in [-0.2, 0) is 4.79 Å². The fourth-order valence-electron chi connectivity index (χ4n) is 1.54. The summed E-state index contributed by atoms with van der Waals surface area (Å²) in [5.41, 5.74) is 0.700. The van der Waals surface area contributed by atoms with Gasteiger partial charge in [0.25, 0.3) is 0 Å². The van der Waals surface area contributed by atoms with E-state index in [4.69, 9.17) is 14.6 Å². The van der Waals surface area contributed by atoms with E-state index in [1.165, 1.54) is 6.08 Å². The van der Waals surface area contributed by atoms with Gasteiger partial charge in [-0.2, -0.15) is 0 Å². The Balaban J connectivity index is 2.92. The van der Waals surface area contributed by atoms with E-state index < -0.39 is 5.97 Å². The van der Waals surface area contributed by atoms with E-state index in [9.17, 15) is 4.79 Å². The summed E-state index contributed by atoms with van der Waals surface area (Å²) in [5, 5.41) is 8.68. The predicted octanol–water partition coefficient (Wildman–Crippen LogP) is 3.22. The number of carboxylic acids is 1. The molecule has 4 nitrogen and oxygen atoms in total. The molecule has 0 aliphatic heterocycles. The summed E-state index contributed by atoms with van der Waals surface area (Å²) < 4.78 is 11.0. The molecule has 0 radical (unpaired) electrons. The Morgan fingerprint density at radius 2 is 2.16 bits per heavy atom. The molecule has 0 heterocycles. The molecule has 0 aliphatic rings. The highest BCUT2D eigenvalue weighted by molar-refractivity contribution is 5.86. The SMILES string of the molecule is COc1cccc(/C=C/C(=O)O)c1OCCC(C)C. The van der Waals surface area contributed by atoms with Crippen molar-refractivity contribution < 1.29 is 19.4 Å². The average Bonchev–Trinajstić information content (AvgIpc) is 2.36. The van der Waals surface area contributed by atoms with Gasteiger partial charge in [0.05, 0.1) is 13.7 Å². The van der Waals surface area contributed by atoms with Crippen LogP contribution < -0.4 is 9.47 Å². The van der Waals surface area contributed by atoms with Gasteiger partial charge in [-0.15, -0.1) is 0 Å². The highest BCUT2D eigenvalue weighted by Gasteiger charge is 2.09. The van der Waals surface area contributed by atoms with Crippen molar-refractivity contribution in [1.29, 1.82) is 0 Å². The van der Waals surface area contributed by atoms with Crippen LogP contribution in [0.15, 0.2) is 24.3 Å². The minimum Gasteiger partial charge on any atom is -0.493 e. The maximum absolute atomic E-state index is 10.6. The Hall–Kier alpha value is -1.97. The Bertz CT molecular complexity index is 449. The van der Waals surface area contributed by atoms with E-state index in [0.717, 1.165) is 12.5 Å². The second-order valence-electron chi connectivity index (χ2n) is 4.58. The Kier molecular flexibility index (Phi) is 5.93. The van der Waals surface area contributed by atoms with Gasteiger partial charge in [-0.1, -0.05) is 26.0 Å². The molecular formula is C15H20O4. The quantitative estimate of drug-likeness (QED) is 0.768. The Morgan fingerprint density at radius 1 is 1.42 bits per heavy atom. The first kappa shape index (κ1) is 15.1. The third-order valence-electron chi connectivity index (χ3n) is 2.58. The molecule has 0 aliphatic carbocycles. The molecule has 0 amide bonds.